The molecule has 1 heterocycles. The van der Waals surface area contributed by atoms with Crippen molar-refractivity contribution in [1.29, 1.82) is 0 Å². The molecule has 0 amide bonds. The third-order valence-electron chi connectivity index (χ3n) is 4.43. The van der Waals surface area contributed by atoms with Crippen molar-refractivity contribution in [2.45, 2.75) is 27.2 Å². The van der Waals surface area contributed by atoms with Gasteiger partial charge >= 0.3 is 0 Å². The molecule has 1 aliphatic rings. The van der Waals surface area contributed by atoms with E-state index in [0.717, 1.165) is 12.1 Å². The molecule has 0 N–H and O–H groups in total. The minimum absolute atomic E-state index is 0.0287. The highest BCUT2D eigenvalue weighted by molar-refractivity contribution is 5.97. The molecule has 0 fully saturated rings. The number of halogens is 5. The third-order valence-corrected chi connectivity index (χ3v) is 4.43. The highest BCUT2D eigenvalue weighted by atomic mass is 19.3. The van der Waals surface area contributed by atoms with E-state index in [1.165, 1.54) is 11.0 Å². The van der Waals surface area contributed by atoms with Crippen LogP contribution in [0.2, 0.25) is 0 Å². The van der Waals surface area contributed by atoms with E-state index in [9.17, 15) is 22.0 Å². The summed E-state index contributed by atoms with van der Waals surface area (Å²) in [6, 6.07) is 10.3. The van der Waals surface area contributed by atoms with Crippen LogP contribution < -0.4 is 4.74 Å². The average Bonchev–Trinajstić information content (AvgIpc) is 2.76. The molecule has 0 aromatic heterocycles. The molecule has 7 heteroatoms. The van der Waals surface area contributed by atoms with Gasteiger partial charge in [-0.15, -0.1) is 0 Å². The van der Waals surface area contributed by atoms with E-state index in [4.69, 9.17) is 4.74 Å². The summed E-state index contributed by atoms with van der Waals surface area (Å²) >= 11 is 0. The summed E-state index contributed by atoms with van der Waals surface area (Å²) in [7, 11) is 0. The van der Waals surface area contributed by atoms with E-state index in [1.807, 2.05) is 13.8 Å². The molecule has 2 aromatic rings. The Morgan fingerprint density at radius 1 is 1.00 bits per heavy atom. The molecular formula is C24H24F5NO. The first-order valence-electron chi connectivity index (χ1n) is 9.87. The molecule has 0 radical (unpaired) electrons. The number of nitrogens with zero attached hydrogens (tertiary/aromatic N) is 1. The van der Waals surface area contributed by atoms with Crippen LogP contribution in [0.25, 0.3) is 11.3 Å². The molecule has 0 saturated carbocycles. The molecule has 0 unspecified atom stereocenters. The average molecular weight is 437 g/mol. The van der Waals surface area contributed by atoms with Crippen molar-refractivity contribution in [3.8, 4) is 5.75 Å². The molecule has 0 spiro atoms. The fraction of sp³-hybridized carbons (Fsp3) is 0.250. The van der Waals surface area contributed by atoms with Crippen LogP contribution in [0.3, 0.4) is 0 Å². The van der Waals surface area contributed by atoms with Crippen LogP contribution in [0.4, 0.5) is 22.0 Å². The topological polar surface area (TPSA) is 12.5 Å². The van der Waals surface area contributed by atoms with Gasteiger partial charge in [0.15, 0.2) is 0 Å². The van der Waals surface area contributed by atoms with E-state index in [1.54, 1.807) is 37.3 Å². The summed E-state index contributed by atoms with van der Waals surface area (Å²) in [4.78, 5) is 1.37. The number of rotatable bonds is 6. The number of hydrogen-bond acceptors (Lipinski definition) is 2. The maximum atomic E-state index is 14.9. The van der Waals surface area contributed by atoms with Gasteiger partial charge in [-0.05, 0) is 18.6 Å². The van der Waals surface area contributed by atoms with E-state index in [0.29, 0.717) is 5.56 Å². The van der Waals surface area contributed by atoms with Gasteiger partial charge in [0.05, 0.1) is 17.0 Å². The highest BCUT2D eigenvalue weighted by Crippen LogP contribution is 2.41. The molecule has 0 atom stereocenters. The second-order valence-corrected chi connectivity index (χ2v) is 6.28. The van der Waals surface area contributed by atoms with Gasteiger partial charge in [0.1, 0.15) is 29.8 Å². The van der Waals surface area contributed by atoms with E-state index >= 15 is 0 Å². The van der Waals surface area contributed by atoms with Gasteiger partial charge in [0, 0.05) is 24.3 Å². The van der Waals surface area contributed by atoms with Crippen LogP contribution in [0.5, 0.6) is 5.75 Å². The Hall–Kier alpha value is -3.09. The number of hydrogen-bond donors (Lipinski definition) is 0. The van der Waals surface area contributed by atoms with Gasteiger partial charge in [0.25, 0.3) is 6.43 Å². The molecule has 0 bridgehead atoms. The maximum absolute atomic E-state index is 14.9. The van der Waals surface area contributed by atoms with Gasteiger partial charge in [-0.25, -0.2) is 22.0 Å². The first-order chi connectivity index (χ1) is 14.8. The Morgan fingerprint density at radius 3 is 2.10 bits per heavy atom. The quantitative estimate of drug-likeness (QED) is 0.443. The van der Waals surface area contributed by atoms with Gasteiger partial charge in [0.2, 0.25) is 0 Å². The first kappa shape index (κ1) is 24.2. The number of allylic oxidation sites excluding steroid dienone is 3. The van der Waals surface area contributed by atoms with E-state index in [-0.39, 0.29) is 29.3 Å². The van der Waals surface area contributed by atoms with Gasteiger partial charge in [-0.1, -0.05) is 50.8 Å². The normalized spacial score (nSPS) is 13.8. The molecule has 0 saturated heterocycles. The summed E-state index contributed by atoms with van der Waals surface area (Å²) in [5.74, 6) is -3.00. The van der Waals surface area contributed by atoms with Gasteiger partial charge in [-0.2, -0.15) is 0 Å². The summed E-state index contributed by atoms with van der Waals surface area (Å²) < 4.78 is 73.7. The van der Waals surface area contributed by atoms with Crippen LogP contribution in [0.1, 0.15) is 31.9 Å². The van der Waals surface area contributed by atoms with Gasteiger partial charge < -0.3 is 9.64 Å². The van der Waals surface area contributed by atoms with Crippen LogP contribution in [-0.2, 0) is 0 Å². The monoisotopic (exact) mass is 437 g/mol. The molecule has 2 aromatic carbocycles. The Morgan fingerprint density at radius 2 is 1.58 bits per heavy atom. The zero-order chi connectivity index (χ0) is 23.1. The number of alkyl halides is 2. The summed E-state index contributed by atoms with van der Waals surface area (Å²) in [5.41, 5.74) is 0.483. The standard InChI is InChI=1S/C22H18F5NO.C2H6/c1-3-28-13(2)17(23)11-16(14-7-5-4-6-8-14)22(28)21-18(24)9-15(10-19(21)25)29-12-20(26)27;1-2/h4-11,20H,2-3,12H2,1H3;1-2H3. The summed E-state index contributed by atoms with van der Waals surface area (Å²) in [5, 5.41) is 0. The summed E-state index contributed by atoms with van der Waals surface area (Å²) in [6.45, 7) is 8.59. The fourth-order valence-corrected chi connectivity index (χ4v) is 3.16. The zero-order valence-corrected chi connectivity index (χ0v) is 17.6. The highest BCUT2D eigenvalue weighted by Gasteiger charge is 2.30. The van der Waals surface area contributed by atoms with Crippen LogP contribution in [0, 0.1) is 11.6 Å². The van der Waals surface area contributed by atoms with Crippen LogP contribution in [-0.4, -0.2) is 24.5 Å². The van der Waals surface area contributed by atoms with Crippen molar-refractivity contribution in [3.05, 3.63) is 89.4 Å². The predicted octanol–water partition coefficient (Wildman–Crippen LogP) is 7.21. The molecule has 3 rings (SSSR count). The lowest BCUT2D eigenvalue weighted by Gasteiger charge is -2.33. The second-order valence-electron chi connectivity index (χ2n) is 6.28. The smallest absolute Gasteiger partial charge is 0.272 e. The summed E-state index contributed by atoms with van der Waals surface area (Å²) in [6.07, 6.45) is -1.60. The molecular weight excluding hydrogens is 413 g/mol. The maximum Gasteiger partial charge on any atom is 0.272 e. The lowest BCUT2D eigenvalue weighted by molar-refractivity contribution is 0.0815. The minimum Gasteiger partial charge on any atom is -0.487 e. The first-order valence-corrected chi connectivity index (χ1v) is 9.87. The van der Waals surface area contributed by atoms with Crippen molar-refractivity contribution >= 4 is 11.3 Å². The minimum atomic E-state index is -2.78. The molecule has 166 valence electrons. The number of ether oxygens (including phenoxy) is 1. The van der Waals surface area contributed by atoms with Crippen molar-refractivity contribution in [2.24, 2.45) is 0 Å². The van der Waals surface area contributed by atoms with Crippen LogP contribution in [0.15, 0.2) is 66.6 Å². The zero-order valence-electron chi connectivity index (χ0n) is 17.6. The molecule has 0 aliphatic carbocycles. The Labute approximate surface area is 179 Å². The van der Waals surface area contributed by atoms with E-state index in [2.05, 4.69) is 6.58 Å². The third kappa shape index (κ3) is 5.34. The van der Waals surface area contributed by atoms with Crippen molar-refractivity contribution in [3.63, 3.8) is 0 Å². The predicted molar refractivity (Wildman–Crippen MR) is 113 cm³/mol. The molecule has 31 heavy (non-hydrogen) atoms. The Balaban J connectivity index is 0.00000166. The lowest BCUT2D eigenvalue weighted by Crippen LogP contribution is -2.26. The van der Waals surface area contributed by atoms with Crippen molar-refractivity contribution in [2.75, 3.05) is 13.2 Å². The van der Waals surface area contributed by atoms with Crippen molar-refractivity contribution in [1.82, 2.24) is 4.90 Å². The molecule has 1 aliphatic heterocycles. The van der Waals surface area contributed by atoms with Gasteiger partial charge in [-0.3, -0.25) is 0 Å². The SMILES string of the molecule is C=C1C(F)=CC(c2ccccc2)=C(c2c(F)cc(OCC(F)F)cc2F)N1CC.CC. The lowest BCUT2D eigenvalue weighted by atomic mass is 9.93. The van der Waals surface area contributed by atoms with Crippen LogP contribution >= 0.6 is 0 Å². The number of benzene rings is 2. The fourth-order valence-electron chi connectivity index (χ4n) is 3.16. The van der Waals surface area contributed by atoms with Crippen molar-refractivity contribution < 1.29 is 26.7 Å². The molecule has 2 nitrogen and oxygen atoms in total. The largest absolute Gasteiger partial charge is 0.487 e. The number of likely N-dealkylation sites (N-methyl/N-ethyl adjacent to an activating group) is 1. The van der Waals surface area contributed by atoms with E-state index < -0.39 is 36.1 Å². The Kier molecular flexibility index (Phi) is 8.42. The Bertz CT molecular complexity index is 960. The second kappa shape index (κ2) is 10.8.